The lowest BCUT2D eigenvalue weighted by atomic mass is 10.2. The van der Waals surface area contributed by atoms with Gasteiger partial charge >= 0.3 is 0 Å². The molecule has 0 amide bonds. The van der Waals surface area contributed by atoms with Crippen molar-refractivity contribution in [3.63, 3.8) is 0 Å². The zero-order valence-corrected chi connectivity index (χ0v) is 11.4. The van der Waals surface area contributed by atoms with E-state index in [0.29, 0.717) is 12.4 Å². The molecule has 20 heavy (non-hydrogen) atoms. The van der Waals surface area contributed by atoms with Crippen molar-refractivity contribution in [1.82, 2.24) is 4.98 Å². The van der Waals surface area contributed by atoms with E-state index in [9.17, 15) is 4.39 Å². The first-order chi connectivity index (χ1) is 9.79. The maximum absolute atomic E-state index is 13.3. The monoisotopic (exact) mass is 274 g/mol. The van der Waals surface area contributed by atoms with Crippen molar-refractivity contribution in [3.05, 3.63) is 60.0 Å². The van der Waals surface area contributed by atoms with E-state index in [4.69, 9.17) is 5.11 Å². The van der Waals surface area contributed by atoms with Crippen LogP contribution in [-0.2, 0) is 6.54 Å². The fraction of sp³-hybridized carbons (Fsp3) is 0.312. The molecule has 1 heterocycles. The summed E-state index contributed by atoms with van der Waals surface area (Å²) in [6.45, 7) is 1.60. The molecule has 2 rings (SSSR count). The van der Waals surface area contributed by atoms with Gasteiger partial charge in [-0.15, -0.1) is 0 Å². The summed E-state index contributed by atoms with van der Waals surface area (Å²) in [6, 6.07) is 14.8. The van der Waals surface area contributed by atoms with Gasteiger partial charge in [0.25, 0.3) is 0 Å². The normalized spacial score (nSPS) is 10.5. The Bertz CT molecular complexity index is 519. The Kier molecular flexibility index (Phi) is 5.50. The van der Waals surface area contributed by atoms with E-state index in [1.807, 2.05) is 41.3 Å². The molecule has 106 valence electrons. The summed E-state index contributed by atoms with van der Waals surface area (Å²) in [4.78, 5) is 5.98. The predicted molar refractivity (Wildman–Crippen MR) is 78.0 cm³/mol. The van der Waals surface area contributed by atoms with Crippen LogP contribution in [0.3, 0.4) is 0 Å². The van der Waals surface area contributed by atoms with E-state index in [0.717, 1.165) is 24.9 Å². The Morgan fingerprint density at radius 1 is 1.00 bits per heavy atom. The molecule has 0 aliphatic heterocycles. The van der Waals surface area contributed by atoms with E-state index in [2.05, 4.69) is 4.98 Å². The summed E-state index contributed by atoms with van der Waals surface area (Å²) in [5.41, 5.74) is 1.16. The molecule has 0 atom stereocenters. The van der Waals surface area contributed by atoms with Crippen LogP contribution >= 0.6 is 0 Å². The van der Waals surface area contributed by atoms with E-state index >= 15 is 0 Å². The standard InChI is InChI=1S/C16H19FN2O/c17-15-9-6-10-16(18-15)19(11-4-5-12-20)13-14-7-2-1-3-8-14/h1-3,6-10,20H,4-5,11-13H2. The van der Waals surface area contributed by atoms with Crippen LogP contribution in [-0.4, -0.2) is 23.2 Å². The van der Waals surface area contributed by atoms with Gasteiger partial charge in [0.15, 0.2) is 0 Å². The summed E-state index contributed by atoms with van der Waals surface area (Å²) in [5.74, 6) is 0.162. The van der Waals surface area contributed by atoms with Crippen LogP contribution in [0, 0.1) is 5.95 Å². The molecule has 1 aromatic carbocycles. The Labute approximate surface area is 118 Å². The van der Waals surface area contributed by atoms with E-state index in [1.165, 1.54) is 6.07 Å². The molecule has 1 aromatic heterocycles. The van der Waals surface area contributed by atoms with Crippen LogP contribution in [0.25, 0.3) is 0 Å². The van der Waals surface area contributed by atoms with Crippen molar-refractivity contribution < 1.29 is 9.50 Å². The number of aromatic nitrogens is 1. The highest BCUT2D eigenvalue weighted by Gasteiger charge is 2.09. The maximum atomic E-state index is 13.3. The average molecular weight is 274 g/mol. The molecule has 0 saturated heterocycles. The fourth-order valence-electron chi connectivity index (χ4n) is 2.07. The number of aliphatic hydroxyl groups is 1. The Hall–Kier alpha value is -1.94. The van der Waals surface area contributed by atoms with Crippen molar-refractivity contribution in [2.24, 2.45) is 0 Å². The van der Waals surface area contributed by atoms with Gasteiger partial charge in [-0.25, -0.2) is 4.98 Å². The van der Waals surface area contributed by atoms with Crippen LogP contribution in [0.15, 0.2) is 48.5 Å². The van der Waals surface area contributed by atoms with Crippen molar-refractivity contribution >= 4 is 5.82 Å². The third-order valence-electron chi connectivity index (χ3n) is 3.08. The zero-order valence-electron chi connectivity index (χ0n) is 11.4. The number of nitrogens with zero attached hydrogens (tertiary/aromatic N) is 2. The first-order valence-corrected chi connectivity index (χ1v) is 6.82. The highest BCUT2D eigenvalue weighted by atomic mass is 19.1. The molecular formula is C16H19FN2O. The number of hydrogen-bond donors (Lipinski definition) is 1. The lowest BCUT2D eigenvalue weighted by molar-refractivity contribution is 0.285. The van der Waals surface area contributed by atoms with Crippen LogP contribution < -0.4 is 4.90 Å². The number of anilines is 1. The Morgan fingerprint density at radius 2 is 1.80 bits per heavy atom. The second-order valence-corrected chi connectivity index (χ2v) is 4.66. The van der Waals surface area contributed by atoms with Crippen molar-refractivity contribution in [2.45, 2.75) is 19.4 Å². The van der Waals surface area contributed by atoms with Crippen LogP contribution in [0.5, 0.6) is 0 Å². The number of unbranched alkanes of at least 4 members (excludes halogenated alkanes) is 1. The number of pyridine rings is 1. The summed E-state index contributed by atoms with van der Waals surface area (Å²) >= 11 is 0. The van der Waals surface area contributed by atoms with E-state index < -0.39 is 5.95 Å². The van der Waals surface area contributed by atoms with Gasteiger partial charge in [0, 0.05) is 19.7 Å². The van der Waals surface area contributed by atoms with Gasteiger partial charge in [-0.2, -0.15) is 4.39 Å². The molecular weight excluding hydrogens is 255 g/mol. The van der Waals surface area contributed by atoms with Crippen molar-refractivity contribution in [1.29, 1.82) is 0 Å². The number of hydrogen-bond acceptors (Lipinski definition) is 3. The molecule has 4 heteroatoms. The SMILES string of the molecule is OCCCCN(Cc1ccccc1)c1cccc(F)n1. The summed E-state index contributed by atoms with van der Waals surface area (Å²) < 4.78 is 13.3. The minimum atomic E-state index is -0.470. The second-order valence-electron chi connectivity index (χ2n) is 4.66. The van der Waals surface area contributed by atoms with Gasteiger partial charge in [-0.05, 0) is 30.5 Å². The zero-order chi connectivity index (χ0) is 14.2. The molecule has 0 unspecified atom stereocenters. The van der Waals surface area contributed by atoms with Crippen LogP contribution in [0.1, 0.15) is 18.4 Å². The molecule has 2 aromatic rings. The first-order valence-electron chi connectivity index (χ1n) is 6.82. The Balaban J connectivity index is 2.11. The largest absolute Gasteiger partial charge is 0.396 e. The van der Waals surface area contributed by atoms with Gasteiger partial charge in [-0.3, -0.25) is 0 Å². The first kappa shape index (κ1) is 14.5. The number of rotatable bonds is 7. The molecule has 0 fully saturated rings. The van der Waals surface area contributed by atoms with Crippen molar-refractivity contribution in [2.75, 3.05) is 18.1 Å². The van der Waals surface area contributed by atoms with Crippen molar-refractivity contribution in [3.8, 4) is 0 Å². The van der Waals surface area contributed by atoms with Gasteiger partial charge in [-0.1, -0.05) is 36.4 Å². The fourth-order valence-corrected chi connectivity index (χ4v) is 2.07. The molecule has 0 bridgehead atoms. The number of benzene rings is 1. The Morgan fingerprint density at radius 3 is 2.50 bits per heavy atom. The van der Waals surface area contributed by atoms with E-state index in [-0.39, 0.29) is 6.61 Å². The summed E-state index contributed by atoms with van der Waals surface area (Å²) in [6.07, 6.45) is 1.59. The minimum absolute atomic E-state index is 0.176. The summed E-state index contributed by atoms with van der Waals surface area (Å²) in [5, 5.41) is 8.89. The topological polar surface area (TPSA) is 36.4 Å². The minimum Gasteiger partial charge on any atom is -0.396 e. The molecule has 0 saturated carbocycles. The quantitative estimate of drug-likeness (QED) is 0.623. The van der Waals surface area contributed by atoms with Gasteiger partial charge in [0.05, 0.1) is 0 Å². The highest BCUT2D eigenvalue weighted by Crippen LogP contribution is 2.16. The smallest absolute Gasteiger partial charge is 0.214 e. The summed E-state index contributed by atoms with van der Waals surface area (Å²) in [7, 11) is 0. The molecule has 0 radical (unpaired) electrons. The molecule has 0 aliphatic rings. The van der Waals surface area contributed by atoms with Gasteiger partial charge in [0.2, 0.25) is 5.95 Å². The number of halogens is 1. The number of aliphatic hydroxyl groups excluding tert-OH is 1. The third kappa shape index (κ3) is 4.31. The highest BCUT2D eigenvalue weighted by molar-refractivity contribution is 5.39. The third-order valence-corrected chi connectivity index (χ3v) is 3.08. The van der Waals surface area contributed by atoms with Crippen LogP contribution in [0.2, 0.25) is 0 Å². The molecule has 0 spiro atoms. The van der Waals surface area contributed by atoms with Gasteiger partial charge < -0.3 is 10.0 Å². The maximum Gasteiger partial charge on any atom is 0.214 e. The lowest BCUT2D eigenvalue weighted by Gasteiger charge is -2.23. The molecule has 0 aliphatic carbocycles. The van der Waals surface area contributed by atoms with Crippen LogP contribution in [0.4, 0.5) is 10.2 Å². The average Bonchev–Trinajstić information content (AvgIpc) is 2.47. The van der Waals surface area contributed by atoms with Gasteiger partial charge in [0.1, 0.15) is 5.82 Å². The molecule has 3 nitrogen and oxygen atoms in total. The molecule has 1 N–H and O–H groups in total. The second kappa shape index (κ2) is 7.60. The lowest BCUT2D eigenvalue weighted by Crippen LogP contribution is -2.25. The van der Waals surface area contributed by atoms with E-state index in [1.54, 1.807) is 6.07 Å². The predicted octanol–water partition coefficient (Wildman–Crippen LogP) is 3.00.